The van der Waals surface area contributed by atoms with Gasteiger partial charge in [-0.05, 0) is 24.1 Å². The third-order valence-corrected chi connectivity index (χ3v) is 2.69. The lowest BCUT2D eigenvalue weighted by Crippen LogP contribution is -2.35. The number of methoxy groups -OCH3 is 1. The molecule has 0 saturated heterocycles. The van der Waals surface area contributed by atoms with Crippen LogP contribution in [0.5, 0.6) is 5.75 Å². The molecule has 1 amide bonds. The van der Waals surface area contributed by atoms with Gasteiger partial charge >= 0.3 is 0 Å². The van der Waals surface area contributed by atoms with Crippen molar-refractivity contribution in [1.29, 1.82) is 5.26 Å². The Hall–Kier alpha value is -2.02. The van der Waals surface area contributed by atoms with Gasteiger partial charge in [-0.15, -0.1) is 0 Å². The van der Waals surface area contributed by atoms with E-state index in [0.717, 1.165) is 17.7 Å². The highest BCUT2D eigenvalue weighted by atomic mass is 16.5. The van der Waals surface area contributed by atoms with Crippen molar-refractivity contribution in [3.05, 3.63) is 29.8 Å². The highest BCUT2D eigenvalue weighted by molar-refractivity contribution is 5.79. The molecule has 0 saturated carbocycles. The summed E-state index contributed by atoms with van der Waals surface area (Å²) in [7, 11) is 1.60. The van der Waals surface area contributed by atoms with E-state index in [4.69, 9.17) is 10.00 Å². The zero-order chi connectivity index (χ0) is 13.4. The molecule has 1 N–H and O–H groups in total. The monoisotopic (exact) mass is 246 g/mol. The summed E-state index contributed by atoms with van der Waals surface area (Å²) in [4.78, 5) is 11.8. The van der Waals surface area contributed by atoms with Crippen LogP contribution in [0.1, 0.15) is 25.3 Å². The van der Waals surface area contributed by atoms with Crippen LogP contribution >= 0.6 is 0 Å². The number of ether oxygens (including phenoxy) is 1. The van der Waals surface area contributed by atoms with Crippen LogP contribution in [0.3, 0.4) is 0 Å². The Kier molecular flexibility index (Phi) is 5.72. The summed E-state index contributed by atoms with van der Waals surface area (Å²) < 4.78 is 5.10. The summed E-state index contributed by atoms with van der Waals surface area (Å²) >= 11 is 0. The van der Waals surface area contributed by atoms with Crippen LogP contribution in [0.2, 0.25) is 0 Å². The first-order chi connectivity index (χ1) is 8.69. The number of carbonyl (C=O) groups excluding carboxylic acids is 1. The van der Waals surface area contributed by atoms with Crippen molar-refractivity contribution < 1.29 is 9.53 Å². The van der Waals surface area contributed by atoms with Gasteiger partial charge in [0.15, 0.2) is 0 Å². The molecule has 0 spiro atoms. The first-order valence-corrected chi connectivity index (χ1v) is 5.98. The second-order valence-electron chi connectivity index (χ2n) is 4.06. The van der Waals surface area contributed by atoms with Crippen LogP contribution in [0.15, 0.2) is 24.3 Å². The van der Waals surface area contributed by atoms with E-state index in [1.54, 1.807) is 7.11 Å². The summed E-state index contributed by atoms with van der Waals surface area (Å²) in [6, 6.07) is 9.42. The van der Waals surface area contributed by atoms with Crippen molar-refractivity contribution in [3.63, 3.8) is 0 Å². The summed E-state index contributed by atoms with van der Waals surface area (Å²) in [5.74, 6) is 0.676. The highest BCUT2D eigenvalue weighted by Gasteiger charge is 2.10. The quantitative estimate of drug-likeness (QED) is 0.835. The fourth-order valence-corrected chi connectivity index (χ4v) is 1.65. The minimum atomic E-state index is -0.0645. The summed E-state index contributed by atoms with van der Waals surface area (Å²) in [6.07, 6.45) is 1.41. The van der Waals surface area contributed by atoms with Crippen LogP contribution in [-0.4, -0.2) is 19.1 Å². The molecule has 1 unspecified atom stereocenters. The SMILES string of the molecule is CCC(CC#N)NC(=O)Cc1cccc(OC)c1. The number of nitrogens with zero attached hydrogens (tertiary/aromatic N) is 1. The molecule has 1 rings (SSSR count). The van der Waals surface area contributed by atoms with Crippen molar-refractivity contribution in [1.82, 2.24) is 5.32 Å². The molecule has 1 atom stereocenters. The van der Waals surface area contributed by atoms with E-state index in [-0.39, 0.29) is 11.9 Å². The number of hydrogen-bond donors (Lipinski definition) is 1. The summed E-state index contributed by atoms with van der Waals surface area (Å²) in [5, 5.41) is 11.5. The fourth-order valence-electron chi connectivity index (χ4n) is 1.65. The topological polar surface area (TPSA) is 62.1 Å². The second-order valence-corrected chi connectivity index (χ2v) is 4.06. The predicted molar refractivity (Wildman–Crippen MR) is 69.1 cm³/mol. The number of benzene rings is 1. The van der Waals surface area contributed by atoms with Gasteiger partial charge in [-0.25, -0.2) is 0 Å². The molecule has 96 valence electrons. The number of carbonyl (C=O) groups is 1. The number of amides is 1. The molecular formula is C14H18N2O2. The van der Waals surface area contributed by atoms with E-state index in [2.05, 4.69) is 11.4 Å². The van der Waals surface area contributed by atoms with Gasteiger partial charge in [0.2, 0.25) is 5.91 Å². The summed E-state index contributed by atoms with van der Waals surface area (Å²) in [6.45, 7) is 1.95. The van der Waals surface area contributed by atoms with Gasteiger partial charge in [0.05, 0.1) is 26.0 Å². The van der Waals surface area contributed by atoms with Crippen LogP contribution in [0.4, 0.5) is 0 Å². The molecule has 4 nitrogen and oxygen atoms in total. The number of hydrogen-bond acceptors (Lipinski definition) is 3. The Bertz CT molecular complexity index is 438. The maximum Gasteiger partial charge on any atom is 0.224 e. The molecule has 18 heavy (non-hydrogen) atoms. The molecule has 0 bridgehead atoms. The van der Waals surface area contributed by atoms with Crippen molar-refractivity contribution in [2.75, 3.05) is 7.11 Å². The zero-order valence-electron chi connectivity index (χ0n) is 10.8. The first-order valence-electron chi connectivity index (χ1n) is 5.98. The molecule has 0 aliphatic rings. The number of rotatable bonds is 6. The van der Waals surface area contributed by atoms with Gasteiger partial charge in [0.1, 0.15) is 5.75 Å². The van der Waals surface area contributed by atoms with Crippen LogP contribution in [0, 0.1) is 11.3 Å². The molecule has 0 aliphatic heterocycles. The molecule has 1 aromatic carbocycles. The van der Waals surface area contributed by atoms with Crippen molar-refractivity contribution in [2.45, 2.75) is 32.2 Å². The minimum absolute atomic E-state index is 0.0619. The average Bonchev–Trinajstić information content (AvgIpc) is 2.38. The van der Waals surface area contributed by atoms with Crippen LogP contribution in [-0.2, 0) is 11.2 Å². The van der Waals surface area contributed by atoms with Gasteiger partial charge in [-0.3, -0.25) is 4.79 Å². The smallest absolute Gasteiger partial charge is 0.224 e. The zero-order valence-corrected chi connectivity index (χ0v) is 10.8. The Morgan fingerprint density at radius 2 is 2.33 bits per heavy atom. The third kappa shape index (κ3) is 4.46. The van der Waals surface area contributed by atoms with Gasteiger partial charge in [-0.1, -0.05) is 19.1 Å². The standard InChI is InChI=1S/C14H18N2O2/c1-3-12(7-8-15)16-14(17)10-11-5-4-6-13(9-11)18-2/h4-6,9,12H,3,7,10H2,1-2H3,(H,16,17). The third-order valence-electron chi connectivity index (χ3n) is 2.69. The average molecular weight is 246 g/mol. The van der Waals surface area contributed by atoms with Gasteiger partial charge in [0.25, 0.3) is 0 Å². The molecule has 0 radical (unpaired) electrons. The minimum Gasteiger partial charge on any atom is -0.497 e. The Morgan fingerprint density at radius 3 is 2.94 bits per heavy atom. The van der Waals surface area contributed by atoms with Crippen molar-refractivity contribution in [2.24, 2.45) is 0 Å². The number of nitriles is 1. The van der Waals surface area contributed by atoms with Gasteiger partial charge in [0, 0.05) is 6.04 Å². The van der Waals surface area contributed by atoms with Gasteiger partial charge in [-0.2, -0.15) is 5.26 Å². The molecular weight excluding hydrogens is 228 g/mol. The first kappa shape index (κ1) is 14.0. The van der Waals surface area contributed by atoms with Crippen LogP contribution in [0.25, 0.3) is 0 Å². The predicted octanol–water partition coefficient (Wildman–Crippen LogP) is 2.05. The Balaban J connectivity index is 2.56. The Morgan fingerprint density at radius 1 is 1.56 bits per heavy atom. The normalized spacial score (nSPS) is 11.4. The maximum absolute atomic E-state index is 11.8. The van der Waals surface area contributed by atoms with E-state index in [9.17, 15) is 4.79 Å². The second kappa shape index (κ2) is 7.33. The molecule has 0 aliphatic carbocycles. The fraction of sp³-hybridized carbons (Fsp3) is 0.429. The van der Waals surface area contributed by atoms with Crippen LogP contribution < -0.4 is 10.1 Å². The van der Waals surface area contributed by atoms with E-state index < -0.39 is 0 Å². The lowest BCUT2D eigenvalue weighted by Gasteiger charge is -2.13. The lowest BCUT2D eigenvalue weighted by atomic mass is 10.1. The summed E-state index contributed by atoms with van der Waals surface area (Å²) in [5.41, 5.74) is 0.902. The van der Waals surface area contributed by atoms with E-state index in [1.807, 2.05) is 31.2 Å². The molecule has 1 aromatic rings. The highest BCUT2D eigenvalue weighted by Crippen LogP contribution is 2.13. The maximum atomic E-state index is 11.8. The molecule has 0 heterocycles. The molecule has 0 fully saturated rings. The van der Waals surface area contributed by atoms with E-state index in [1.165, 1.54) is 0 Å². The molecule has 4 heteroatoms. The molecule has 0 aromatic heterocycles. The largest absolute Gasteiger partial charge is 0.497 e. The van der Waals surface area contributed by atoms with E-state index in [0.29, 0.717) is 12.8 Å². The lowest BCUT2D eigenvalue weighted by molar-refractivity contribution is -0.121. The van der Waals surface area contributed by atoms with Crippen molar-refractivity contribution >= 4 is 5.91 Å². The number of nitrogens with one attached hydrogen (secondary N) is 1. The Labute approximate surface area is 108 Å². The van der Waals surface area contributed by atoms with Crippen molar-refractivity contribution in [3.8, 4) is 11.8 Å². The van der Waals surface area contributed by atoms with E-state index >= 15 is 0 Å². The van der Waals surface area contributed by atoms with Gasteiger partial charge < -0.3 is 10.1 Å².